The number of benzene rings is 1. The number of carbonyl (C=O) groups excluding carboxylic acids is 1. The Balaban J connectivity index is 2.31. The predicted molar refractivity (Wildman–Crippen MR) is 65.5 cm³/mol. The van der Waals surface area contributed by atoms with Crippen LogP contribution in [0.5, 0.6) is 0 Å². The van der Waals surface area contributed by atoms with Crippen LogP contribution in [0.2, 0.25) is 0 Å². The molecule has 94 valence electrons. The highest BCUT2D eigenvalue weighted by Crippen LogP contribution is 2.06. The van der Waals surface area contributed by atoms with E-state index in [0.29, 0.717) is 13.0 Å². The van der Waals surface area contributed by atoms with Crippen LogP contribution in [0.1, 0.15) is 17.5 Å². The number of hydrogen-bond acceptors (Lipinski definition) is 5. The first-order chi connectivity index (χ1) is 8.11. The van der Waals surface area contributed by atoms with E-state index in [4.69, 9.17) is 5.84 Å². The van der Waals surface area contributed by atoms with Gasteiger partial charge >= 0.3 is 5.97 Å². The lowest BCUT2D eigenvalue weighted by atomic mass is 10.1. The fraction of sp³-hybridized carbons (Fsp3) is 0.417. The van der Waals surface area contributed by atoms with Crippen LogP contribution in [-0.4, -0.2) is 24.5 Å². The Labute approximate surface area is 101 Å². The van der Waals surface area contributed by atoms with Crippen molar-refractivity contribution in [3.8, 4) is 0 Å². The first-order valence-corrected chi connectivity index (χ1v) is 5.51. The van der Waals surface area contributed by atoms with Gasteiger partial charge in [-0.3, -0.25) is 4.79 Å². The molecule has 0 radical (unpaired) electrons. The summed E-state index contributed by atoms with van der Waals surface area (Å²) in [5.41, 5.74) is 4.35. The lowest BCUT2D eigenvalue weighted by molar-refractivity contribution is -0.151. The Hall–Kier alpha value is -1.43. The SMILES string of the molecule is Cc1ccc(CN(C)CCC(=O)ONN)cc1. The van der Waals surface area contributed by atoms with E-state index in [1.807, 2.05) is 12.6 Å². The van der Waals surface area contributed by atoms with E-state index >= 15 is 0 Å². The zero-order chi connectivity index (χ0) is 12.7. The van der Waals surface area contributed by atoms with Crippen LogP contribution in [0, 0.1) is 6.92 Å². The van der Waals surface area contributed by atoms with E-state index < -0.39 is 0 Å². The van der Waals surface area contributed by atoms with E-state index in [0.717, 1.165) is 6.54 Å². The molecule has 1 rings (SSSR count). The van der Waals surface area contributed by atoms with Crippen molar-refractivity contribution in [2.45, 2.75) is 19.9 Å². The Morgan fingerprint density at radius 3 is 2.65 bits per heavy atom. The van der Waals surface area contributed by atoms with Gasteiger partial charge in [0.25, 0.3) is 0 Å². The molecule has 0 saturated heterocycles. The standard InChI is InChI=1S/C12H19N3O2/c1-10-3-5-11(6-4-10)9-15(2)8-7-12(16)17-14-13/h3-6,14H,7-9,13H2,1-2H3. The number of carbonyl (C=O) groups is 1. The minimum Gasteiger partial charge on any atom is -0.356 e. The summed E-state index contributed by atoms with van der Waals surface area (Å²) >= 11 is 0. The number of nitrogens with two attached hydrogens (primary N) is 1. The molecule has 0 aliphatic rings. The summed E-state index contributed by atoms with van der Waals surface area (Å²) in [6, 6.07) is 8.34. The molecule has 0 aliphatic heterocycles. The third-order valence-electron chi connectivity index (χ3n) is 2.44. The Morgan fingerprint density at radius 2 is 2.06 bits per heavy atom. The minimum absolute atomic E-state index is 0.312. The van der Waals surface area contributed by atoms with Gasteiger partial charge in [-0.15, -0.1) is 0 Å². The van der Waals surface area contributed by atoms with Crippen molar-refractivity contribution >= 4 is 5.97 Å². The third-order valence-corrected chi connectivity index (χ3v) is 2.44. The van der Waals surface area contributed by atoms with Crippen molar-refractivity contribution in [1.29, 1.82) is 0 Å². The zero-order valence-corrected chi connectivity index (χ0v) is 10.3. The number of nitrogens with one attached hydrogen (secondary N) is 1. The summed E-state index contributed by atoms with van der Waals surface area (Å²) in [4.78, 5) is 17.5. The van der Waals surface area contributed by atoms with Crippen molar-refractivity contribution in [2.75, 3.05) is 13.6 Å². The first-order valence-electron chi connectivity index (χ1n) is 5.51. The molecule has 5 nitrogen and oxygen atoms in total. The van der Waals surface area contributed by atoms with Crippen molar-refractivity contribution in [3.05, 3.63) is 35.4 Å². The van der Waals surface area contributed by atoms with Crippen molar-refractivity contribution in [1.82, 2.24) is 10.5 Å². The van der Waals surface area contributed by atoms with E-state index in [9.17, 15) is 4.79 Å². The molecule has 0 amide bonds. The zero-order valence-electron chi connectivity index (χ0n) is 10.3. The fourth-order valence-corrected chi connectivity index (χ4v) is 1.48. The summed E-state index contributed by atoms with van der Waals surface area (Å²) in [5, 5.41) is 0. The molecule has 5 heteroatoms. The molecule has 1 aromatic carbocycles. The molecular formula is C12H19N3O2. The van der Waals surface area contributed by atoms with Crippen molar-refractivity contribution < 1.29 is 9.63 Å². The van der Waals surface area contributed by atoms with Gasteiger partial charge in [-0.25, -0.2) is 5.84 Å². The molecule has 3 N–H and O–H groups in total. The van der Waals surface area contributed by atoms with Gasteiger partial charge in [0, 0.05) is 13.1 Å². The van der Waals surface area contributed by atoms with Crippen LogP contribution in [0.15, 0.2) is 24.3 Å². The summed E-state index contributed by atoms with van der Waals surface area (Å²) in [7, 11) is 1.96. The molecule has 0 fully saturated rings. The molecule has 0 spiro atoms. The van der Waals surface area contributed by atoms with Gasteiger partial charge in [0.2, 0.25) is 0 Å². The van der Waals surface area contributed by atoms with Gasteiger partial charge in [-0.1, -0.05) is 35.4 Å². The van der Waals surface area contributed by atoms with Gasteiger partial charge < -0.3 is 9.74 Å². The number of rotatable bonds is 6. The number of hydrogen-bond donors (Lipinski definition) is 2. The van der Waals surface area contributed by atoms with Gasteiger partial charge in [-0.05, 0) is 19.5 Å². The summed E-state index contributed by atoms with van der Waals surface area (Å²) in [5.74, 6) is 4.51. The topological polar surface area (TPSA) is 67.6 Å². The molecule has 0 heterocycles. The second kappa shape index (κ2) is 7.01. The maximum atomic E-state index is 11.1. The van der Waals surface area contributed by atoms with Crippen LogP contribution in [0.3, 0.4) is 0 Å². The monoisotopic (exact) mass is 237 g/mol. The van der Waals surface area contributed by atoms with Crippen molar-refractivity contribution in [3.63, 3.8) is 0 Å². The van der Waals surface area contributed by atoms with E-state index in [1.54, 1.807) is 0 Å². The smallest absolute Gasteiger partial charge is 0.327 e. The molecule has 1 aromatic rings. The number of aryl methyl sites for hydroxylation is 1. The Kier molecular flexibility index (Phi) is 5.62. The van der Waals surface area contributed by atoms with Crippen LogP contribution in [0.25, 0.3) is 0 Å². The normalized spacial score (nSPS) is 10.6. The van der Waals surface area contributed by atoms with E-state index in [1.165, 1.54) is 11.1 Å². The van der Waals surface area contributed by atoms with Crippen LogP contribution >= 0.6 is 0 Å². The largest absolute Gasteiger partial charge is 0.356 e. The number of hydrazine groups is 1. The Bertz CT molecular complexity index is 351. The van der Waals surface area contributed by atoms with E-state index in [2.05, 4.69) is 40.9 Å². The Morgan fingerprint density at radius 1 is 1.41 bits per heavy atom. The molecule has 0 saturated carbocycles. The molecule has 0 aliphatic carbocycles. The maximum absolute atomic E-state index is 11.1. The third kappa shape index (κ3) is 5.44. The van der Waals surface area contributed by atoms with Gasteiger partial charge in [0.05, 0.1) is 6.42 Å². The summed E-state index contributed by atoms with van der Waals surface area (Å²) < 4.78 is 0. The molecular weight excluding hydrogens is 218 g/mol. The van der Waals surface area contributed by atoms with Crippen LogP contribution < -0.4 is 11.4 Å². The molecule has 0 unspecified atom stereocenters. The molecule has 17 heavy (non-hydrogen) atoms. The van der Waals surface area contributed by atoms with Gasteiger partial charge in [0.15, 0.2) is 0 Å². The quantitative estimate of drug-likeness (QED) is 0.564. The highest BCUT2D eigenvalue weighted by Gasteiger charge is 2.05. The second-order valence-corrected chi connectivity index (χ2v) is 4.07. The first kappa shape index (κ1) is 13.6. The predicted octanol–water partition coefficient (Wildman–Crippen LogP) is 0.738. The fourth-order valence-electron chi connectivity index (χ4n) is 1.48. The van der Waals surface area contributed by atoms with Crippen LogP contribution in [0.4, 0.5) is 0 Å². The lowest BCUT2D eigenvalue weighted by Crippen LogP contribution is -2.29. The average molecular weight is 237 g/mol. The average Bonchev–Trinajstić information content (AvgIpc) is 2.30. The van der Waals surface area contributed by atoms with E-state index in [-0.39, 0.29) is 5.97 Å². The maximum Gasteiger partial charge on any atom is 0.327 e. The summed E-state index contributed by atoms with van der Waals surface area (Å²) in [6.07, 6.45) is 0.312. The van der Waals surface area contributed by atoms with Crippen LogP contribution in [-0.2, 0) is 16.2 Å². The second-order valence-electron chi connectivity index (χ2n) is 4.07. The van der Waals surface area contributed by atoms with Gasteiger partial charge in [-0.2, -0.15) is 0 Å². The van der Waals surface area contributed by atoms with Crippen molar-refractivity contribution in [2.24, 2.45) is 5.84 Å². The molecule has 0 aromatic heterocycles. The number of nitrogens with zero attached hydrogens (tertiary/aromatic N) is 1. The van der Waals surface area contributed by atoms with Gasteiger partial charge in [0.1, 0.15) is 0 Å². The molecule has 0 atom stereocenters. The highest BCUT2D eigenvalue weighted by molar-refractivity contribution is 5.69. The lowest BCUT2D eigenvalue weighted by Gasteiger charge is -2.16. The highest BCUT2D eigenvalue weighted by atomic mass is 16.7. The minimum atomic E-state index is -0.358. The summed E-state index contributed by atoms with van der Waals surface area (Å²) in [6.45, 7) is 3.50. The molecule has 0 bridgehead atoms.